The molecule has 0 bridgehead atoms. The molecule has 1 N–H and O–H groups in total. The fourth-order valence-corrected chi connectivity index (χ4v) is 3.26. The van der Waals surface area contributed by atoms with Crippen LogP contribution in [0.25, 0.3) is 6.08 Å². The molecule has 23 heavy (non-hydrogen) atoms. The maximum atomic E-state index is 11.9. The summed E-state index contributed by atoms with van der Waals surface area (Å²) in [6, 6.07) is 11.9. The fourth-order valence-electron chi connectivity index (χ4n) is 2.64. The Labute approximate surface area is 140 Å². The maximum Gasteiger partial charge on any atom is 0.248 e. The van der Waals surface area contributed by atoms with Gasteiger partial charge >= 0.3 is 0 Å². The number of hydrogen-bond donors (Lipinski definition) is 1. The zero-order valence-corrected chi connectivity index (χ0v) is 13.9. The van der Waals surface area contributed by atoms with E-state index in [-0.39, 0.29) is 5.91 Å². The first-order chi connectivity index (χ1) is 11.2. The molecule has 4 nitrogen and oxygen atoms in total. The van der Waals surface area contributed by atoms with Crippen molar-refractivity contribution in [3.05, 3.63) is 52.7 Å². The molecule has 1 aromatic heterocycles. The number of carbonyl (C=O) groups excluding carboxylic acids is 1. The van der Waals surface area contributed by atoms with Gasteiger partial charge in [0.15, 0.2) is 0 Å². The number of thiophene rings is 1. The summed E-state index contributed by atoms with van der Waals surface area (Å²) in [4.78, 5) is 15.3. The number of amides is 1. The summed E-state index contributed by atoms with van der Waals surface area (Å²) in [7, 11) is 1.76. The van der Waals surface area contributed by atoms with Gasteiger partial charge in [0.2, 0.25) is 5.91 Å². The summed E-state index contributed by atoms with van der Waals surface area (Å²) in [5.41, 5.74) is 1.97. The van der Waals surface area contributed by atoms with Crippen LogP contribution in [0.4, 0.5) is 11.4 Å². The van der Waals surface area contributed by atoms with E-state index in [1.807, 2.05) is 47.9 Å². The van der Waals surface area contributed by atoms with Gasteiger partial charge in [-0.2, -0.15) is 0 Å². The third-order valence-electron chi connectivity index (χ3n) is 3.92. The van der Waals surface area contributed by atoms with Crippen LogP contribution in [0.15, 0.2) is 47.9 Å². The first-order valence-electron chi connectivity index (χ1n) is 7.65. The van der Waals surface area contributed by atoms with E-state index >= 15 is 0 Å². The van der Waals surface area contributed by atoms with Crippen LogP contribution in [0, 0.1) is 0 Å². The van der Waals surface area contributed by atoms with E-state index in [9.17, 15) is 4.79 Å². The minimum Gasteiger partial charge on any atom is -0.380 e. The molecule has 1 saturated heterocycles. The van der Waals surface area contributed by atoms with Gasteiger partial charge in [0, 0.05) is 42.5 Å². The number of benzene rings is 1. The lowest BCUT2D eigenvalue weighted by Crippen LogP contribution is -2.22. The summed E-state index contributed by atoms with van der Waals surface area (Å²) >= 11 is 1.61. The number of anilines is 2. The molecular formula is C18H20N2O2S. The molecule has 5 heteroatoms. The molecule has 1 atom stereocenters. The number of hydrogen-bond acceptors (Lipinski definition) is 4. The summed E-state index contributed by atoms with van der Waals surface area (Å²) in [5, 5.41) is 4.87. The van der Waals surface area contributed by atoms with Gasteiger partial charge in [-0.15, -0.1) is 11.3 Å². The number of nitrogens with one attached hydrogen (secondary N) is 1. The summed E-state index contributed by atoms with van der Waals surface area (Å²) in [6.45, 7) is 1.93. The Kier molecular flexibility index (Phi) is 5.10. The zero-order valence-electron chi connectivity index (χ0n) is 13.1. The molecule has 0 unspecified atom stereocenters. The van der Waals surface area contributed by atoms with Gasteiger partial charge in [-0.3, -0.25) is 4.79 Å². The van der Waals surface area contributed by atoms with Gasteiger partial charge in [-0.1, -0.05) is 6.07 Å². The maximum absolute atomic E-state index is 11.9. The molecule has 1 aliphatic heterocycles. The molecule has 1 fully saturated rings. The summed E-state index contributed by atoms with van der Waals surface area (Å²) in [5.74, 6) is -0.119. The number of carbonyl (C=O) groups is 1. The van der Waals surface area contributed by atoms with Crippen molar-refractivity contribution in [1.29, 1.82) is 0 Å². The second kappa shape index (κ2) is 7.44. The molecule has 1 amide bonds. The van der Waals surface area contributed by atoms with Crippen LogP contribution in [0.1, 0.15) is 11.3 Å². The lowest BCUT2D eigenvalue weighted by atomic mass is 10.2. The minimum absolute atomic E-state index is 0.119. The van der Waals surface area contributed by atoms with Crippen LogP contribution in [-0.4, -0.2) is 32.2 Å². The Balaban J connectivity index is 1.56. The Morgan fingerprint density at radius 3 is 2.83 bits per heavy atom. The van der Waals surface area contributed by atoms with Crippen LogP contribution in [0.5, 0.6) is 0 Å². The molecule has 120 valence electrons. The lowest BCUT2D eigenvalue weighted by molar-refractivity contribution is -0.111. The Bertz CT molecular complexity index is 665. The Hall–Kier alpha value is -2.11. The topological polar surface area (TPSA) is 41.6 Å². The van der Waals surface area contributed by atoms with Gasteiger partial charge in [-0.25, -0.2) is 0 Å². The van der Waals surface area contributed by atoms with Crippen molar-refractivity contribution < 1.29 is 9.53 Å². The SMILES string of the molecule is CO[C@@H]1CCN(c2ccc(NC(=O)/C=C/c3cccs3)cc2)C1. The minimum atomic E-state index is -0.119. The standard InChI is InChI=1S/C18H20N2O2S/c1-22-16-10-11-20(13-16)15-6-4-14(5-7-15)19-18(21)9-8-17-3-2-12-23-17/h2-9,12,16H,10-11,13H2,1H3,(H,19,21)/b9-8+/t16-/m1/s1. The number of nitrogens with zero attached hydrogens (tertiary/aromatic N) is 1. The first-order valence-corrected chi connectivity index (χ1v) is 8.53. The Morgan fingerprint density at radius 2 is 2.17 bits per heavy atom. The third-order valence-corrected chi connectivity index (χ3v) is 4.76. The predicted octanol–water partition coefficient (Wildman–Crippen LogP) is 3.63. The molecular weight excluding hydrogens is 308 g/mol. The zero-order chi connectivity index (χ0) is 16.1. The van der Waals surface area contributed by atoms with E-state index in [4.69, 9.17) is 4.74 Å². The summed E-state index contributed by atoms with van der Waals surface area (Å²) in [6.07, 6.45) is 4.76. The van der Waals surface area contributed by atoms with Gasteiger partial charge in [0.25, 0.3) is 0 Å². The van der Waals surface area contributed by atoms with Crippen molar-refractivity contribution >= 4 is 34.7 Å². The van der Waals surface area contributed by atoms with Crippen LogP contribution in [0.2, 0.25) is 0 Å². The highest BCUT2D eigenvalue weighted by Gasteiger charge is 2.21. The van der Waals surface area contributed by atoms with E-state index in [1.165, 1.54) is 0 Å². The van der Waals surface area contributed by atoms with E-state index in [2.05, 4.69) is 10.2 Å². The van der Waals surface area contributed by atoms with Crippen molar-refractivity contribution in [2.75, 3.05) is 30.4 Å². The van der Waals surface area contributed by atoms with E-state index < -0.39 is 0 Å². The van der Waals surface area contributed by atoms with E-state index in [0.29, 0.717) is 6.10 Å². The number of rotatable bonds is 5. The molecule has 0 radical (unpaired) electrons. The van der Waals surface area contributed by atoms with Gasteiger partial charge in [0.05, 0.1) is 6.10 Å². The third kappa shape index (κ3) is 4.21. The molecule has 1 aliphatic rings. The average molecular weight is 328 g/mol. The summed E-state index contributed by atoms with van der Waals surface area (Å²) < 4.78 is 5.39. The van der Waals surface area contributed by atoms with Crippen LogP contribution < -0.4 is 10.2 Å². The van der Waals surface area contributed by atoms with Crippen molar-refractivity contribution in [3.8, 4) is 0 Å². The number of methoxy groups -OCH3 is 1. The van der Waals surface area contributed by atoms with Crippen molar-refractivity contribution in [2.45, 2.75) is 12.5 Å². The van der Waals surface area contributed by atoms with Gasteiger partial charge < -0.3 is 15.0 Å². The van der Waals surface area contributed by atoms with Crippen LogP contribution in [-0.2, 0) is 9.53 Å². The second-order valence-corrected chi connectivity index (χ2v) is 6.46. The molecule has 0 aliphatic carbocycles. The monoisotopic (exact) mass is 328 g/mol. The molecule has 1 aromatic carbocycles. The van der Waals surface area contributed by atoms with Gasteiger partial charge in [-0.05, 0) is 48.2 Å². The van der Waals surface area contributed by atoms with E-state index in [1.54, 1.807) is 24.5 Å². The van der Waals surface area contributed by atoms with Crippen molar-refractivity contribution in [3.63, 3.8) is 0 Å². The molecule has 0 saturated carbocycles. The normalized spacial score (nSPS) is 17.8. The van der Waals surface area contributed by atoms with Crippen molar-refractivity contribution in [2.24, 2.45) is 0 Å². The molecule has 0 spiro atoms. The Morgan fingerprint density at radius 1 is 1.35 bits per heavy atom. The average Bonchev–Trinajstić information content (AvgIpc) is 3.25. The largest absolute Gasteiger partial charge is 0.380 e. The highest BCUT2D eigenvalue weighted by molar-refractivity contribution is 7.10. The van der Waals surface area contributed by atoms with Crippen LogP contribution >= 0.6 is 11.3 Å². The van der Waals surface area contributed by atoms with Crippen molar-refractivity contribution in [1.82, 2.24) is 0 Å². The highest BCUT2D eigenvalue weighted by Crippen LogP contribution is 2.23. The predicted molar refractivity (Wildman–Crippen MR) is 96.1 cm³/mol. The lowest BCUT2D eigenvalue weighted by Gasteiger charge is -2.18. The number of ether oxygens (including phenoxy) is 1. The molecule has 2 aromatic rings. The molecule has 3 rings (SSSR count). The quantitative estimate of drug-likeness (QED) is 0.852. The smallest absolute Gasteiger partial charge is 0.248 e. The highest BCUT2D eigenvalue weighted by atomic mass is 32.1. The second-order valence-electron chi connectivity index (χ2n) is 5.48. The first kappa shape index (κ1) is 15.8. The fraction of sp³-hybridized carbons (Fsp3) is 0.278. The van der Waals surface area contributed by atoms with Crippen LogP contribution in [0.3, 0.4) is 0 Å². The molecule has 2 heterocycles. The van der Waals surface area contributed by atoms with Gasteiger partial charge in [0.1, 0.15) is 0 Å². The van der Waals surface area contributed by atoms with E-state index in [0.717, 1.165) is 35.8 Å².